The first-order valence-corrected chi connectivity index (χ1v) is 11.9. The van der Waals surface area contributed by atoms with Gasteiger partial charge in [-0.15, -0.1) is 5.10 Å². The molecule has 0 saturated carbocycles. The predicted octanol–water partition coefficient (Wildman–Crippen LogP) is 4.76. The highest BCUT2D eigenvalue weighted by atomic mass is 32.2. The molecule has 33 heavy (non-hydrogen) atoms. The van der Waals surface area contributed by atoms with Gasteiger partial charge in [0.2, 0.25) is 0 Å². The number of aromatic nitrogens is 4. The molecule has 0 aromatic heterocycles. The van der Waals surface area contributed by atoms with E-state index in [0.717, 1.165) is 37.9 Å². The van der Waals surface area contributed by atoms with E-state index in [1.54, 1.807) is 0 Å². The van der Waals surface area contributed by atoms with Crippen LogP contribution in [0.1, 0.15) is 42.2 Å². The van der Waals surface area contributed by atoms with E-state index in [1.807, 2.05) is 37.3 Å². The summed E-state index contributed by atoms with van der Waals surface area (Å²) < 4.78 is 16.8. The summed E-state index contributed by atoms with van der Waals surface area (Å²) >= 11 is 1.36. The molecule has 1 unspecified atom stereocenters. The topological polar surface area (TPSA) is 69.8 Å². The number of carbonyl (C=O) groups is 1. The van der Waals surface area contributed by atoms with Gasteiger partial charge in [-0.1, -0.05) is 36.4 Å². The molecule has 8 heteroatoms. The Morgan fingerprint density at radius 2 is 1.82 bits per heavy atom. The van der Waals surface area contributed by atoms with Crippen LogP contribution in [0.25, 0.3) is 17.1 Å². The first kappa shape index (κ1) is 21.6. The van der Waals surface area contributed by atoms with E-state index in [-0.39, 0.29) is 17.2 Å². The van der Waals surface area contributed by atoms with Crippen molar-refractivity contribution in [1.29, 1.82) is 0 Å². The van der Waals surface area contributed by atoms with Crippen molar-refractivity contribution >= 4 is 17.5 Å². The summed E-state index contributed by atoms with van der Waals surface area (Å²) in [5.74, 6) is -0.0626. The monoisotopic (exact) mass is 462 g/mol. The van der Waals surface area contributed by atoms with Crippen LogP contribution in [0.3, 0.4) is 0 Å². The first-order chi connectivity index (χ1) is 16.0. The van der Waals surface area contributed by atoms with Crippen LogP contribution in [0.2, 0.25) is 0 Å². The number of carbonyl (C=O) groups excluding carboxylic acids is 1. The molecule has 0 bridgehead atoms. The van der Waals surface area contributed by atoms with Gasteiger partial charge in [0.25, 0.3) is 5.56 Å². The second kappa shape index (κ2) is 8.94. The Balaban J connectivity index is 1.58. The zero-order valence-corrected chi connectivity index (χ0v) is 19.0. The number of rotatable bonds is 5. The molecule has 1 atom stereocenters. The summed E-state index contributed by atoms with van der Waals surface area (Å²) in [7, 11) is 0. The summed E-state index contributed by atoms with van der Waals surface area (Å²) in [5.41, 5.74) is 2.49. The molecule has 0 radical (unpaired) electrons. The number of nitrogens with zero attached hydrogens (tertiary/aromatic N) is 4. The third kappa shape index (κ3) is 4.11. The van der Waals surface area contributed by atoms with E-state index in [9.17, 15) is 14.0 Å². The lowest BCUT2D eigenvalue weighted by Gasteiger charge is -2.19. The molecular formula is C25H23FN4O2S. The number of Topliss-reactive ketones (excluding diaryl/α,β-unsaturated/α-hetero) is 1. The molecular weight excluding hydrogens is 439 g/mol. The molecule has 2 aromatic carbocycles. The summed E-state index contributed by atoms with van der Waals surface area (Å²) in [6.45, 7) is 2.57. The number of hydrogen-bond acceptors (Lipinski definition) is 5. The van der Waals surface area contributed by atoms with Crippen LogP contribution in [0.5, 0.6) is 0 Å². The number of hydrogen-bond donors (Lipinski definition) is 0. The van der Waals surface area contributed by atoms with Gasteiger partial charge >= 0.3 is 0 Å². The van der Waals surface area contributed by atoms with E-state index in [4.69, 9.17) is 4.98 Å². The summed E-state index contributed by atoms with van der Waals surface area (Å²) in [6.07, 6.45) is 3.81. The molecule has 2 aromatic rings. The highest BCUT2D eigenvalue weighted by Crippen LogP contribution is 2.32. The molecule has 0 spiro atoms. The standard InChI is InChI=1S/C25H23FN4O2S/c1-16(22(31)17-11-13-18(26)14-12-17)33-25-27-23-21(20-10-6-3-7-15-29(20)25)24(32)30(28-23)19-8-4-2-5-9-19/h2,4-5,8-9,11-14,16H,3,6-7,10,15H2,1H3. The van der Waals surface area contributed by atoms with Gasteiger partial charge in [0, 0.05) is 17.8 Å². The van der Waals surface area contributed by atoms with Gasteiger partial charge in [0.1, 0.15) is 11.4 Å². The number of halogens is 1. The van der Waals surface area contributed by atoms with Crippen molar-refractivity contribution in [3.8, 4) is 17.1 Å². The number of ketones is 1. The molecule has 6 nitrogen and oxygen atoms in total. The summed E-state index contributed by atoms with van der Waals surface area (Å²) in [4.78, 5) is 31.0. The minimum absolute atomic E-state index is 0.0933. The van der Waals surface area contributed by atoms with Crippen molar-refractivity contribution in [3.63, 3.8) is 0 Å². The van der Waals surface area contributed by atoms with Crippen molar-refractivity contribution in [2.45, 2.75) is 49.6 Å². The fourth-order valence-electron chi connectivity index (χ4n) is 4.25. The molecule has 3 heterocycles. The van der Waals surface area contributed by atoms with Crippen LogP contribution < -0.4 is 5.56 Å². The molecule has 0 fully saturated rings. The third-order valence-corrected chi connectivity index (χ3v) is 7.04. The Kier molecular flexibility index (Phi) is 5.85. The highest BCUT2D eigenvalue weighted by molar-refractivity contribution is 8.00. The fraction of sp³-hybridized carbons (Fsp3) is 0.280. The number of benzene rings is 2. The minimum atomic E-state index is -0.428. The van der Waals surface area contributed by atoms with E-state index >= 15 is 0 Å². The maximum Gasteiger partial charge on any atom is 0.284 e. The van der Waals surface area contributed by atoms with E-state index in [2.05, 4.69) is 9.67 Å². The Bertz CT molecular complexity index is 1330. The lowest BCUT2D eigenvalue weighted by molar-refractivity contribution is 0.0993. The van der Waals surface area contributed by atoms with Crippen molar-refractivity contribution in [1.82, 2.24) is 19.3 Å². The Morgan fingerprint density at radius 3 is 2.58 bits per heavy atom. The lowest BCUT2D eigenvalue weighted by Crippen LogP contribution is -2.20. The number of para-hydroxylation sites is 1. The van der Waals surface area contributed by atoms with Crippen LogP contribution in [0.15, 0.2) is 64.5 Å². The lowest BCUT2D eigenvalue weighted by atomic mass is 10.1. The molecule has 3 aliphatic heterocycles. The van der Waals surface area contributed by atoms with Crippen LogP contribution in [-0.4, -0.2) is 30.4 Å². The number of thioether (sulfide) groups is 1. The van der Waals surface area contributed by atoms with Gasteiger partial charge in [-0.25, -0.2) is 9.37 Å². The fourth-order valence-corrected chi connectivity index (χ4v) is 5.28. The third-order valence-electron chi connectivity index (χ3n) is 5.95. The molecule has 0 N–H and O–H groups in total. The Labute approximate surface area is 194 Å². The summed E-state index contributed by atoms with van der Waals surface area (Å²) in [5, 5.41) is 4.79. The molecule has 0 amide bonds. The van der Waals surface area contributed by atoms with Gasteiger partial charge in [0.15, 0.2) is 16.8 Å². The van der Waals surface area contributed by atoms with Gasteiger partial charge in [0.05, 0.1) is 10.9 Å². The summed E-state index contributed by atoms with van der Waals surface area (Å²) in [6, 6.07) is 14.9. The van der Waals surface area contributed by atoms with Crippen molar-refractivity contribution in [3.05, 3.63) is 82.0 Å². The second-order valence-electron chi connectivity index (χ2n) is 8.19. The Hall–Kier alpha value is -3.26. The average Bonchev–Trinajstić information content (AvgIpc) is 2.99. The van der Waals surface area contributed by atoms with Crippen molar-refractivity contribution in [2.24, 2.45) is 0 Å². The predicted molar refractivity (Wildman–Crippen MR) is 126 cm³/mol. The van der Waals surface area contributed by atoms with Gasteiger partial charge in [-0.2, -0.15) is 4.68 Å². The zero-order valence-electron chi connectivity index (χ0n) is 18.2. The van der Waals surface area contributed by atoms with Crippen LogP contribution >= 0.6 is 11.8 Å². The molecule has 5 rings (SSSR count). The first-order valence-electron chi connectivity index (χ1n) is 11.1. The van der Waals surface area contributed by atoms with Gasteiger partial charge < -0.3 is 4.57 Å². The maximum absolute atomic E-state index is 13.3. The maximum atomic E-state index is 13.3. The average molecular weight is 463 g/mol. The molecule has 168 valence electrons. The molecule has 3 aliphatic rings. The van der Waals surface area contributed by atoms with Crippen LogP contribution in [-0.2, 0) is 13.0 Å². The van der Waals surface area contributed by atoms with Crippen LogP contribution in [0.4, 0.5) is 4.39 Å². The van der Waals surface area contributed by atoms with E-state index in [1.165, 1.54) is 40.7 Å². The number of fused-ring (bicyclic) bond motifs is 3. The van der Waals surface area contributed by atoms with Crippen LogP contribution in [0, 0.1) is 5.82 Å². The Morgan fingerprint density at radius 1 is 1.06 bits per heavy atom. The quantitative estimate of drug-likeness (QED) is 0.243. The van der Waals surface area contributed by atoms with Crippen molar-refractivity contribution < 1.29 is 9.18 Å². The van der Waals surface area contributed by atoms with Crippen molar-refractivity contribution in [2.75, 3.05) is 0 Å². The van der Waals surface area contributed by atoms with E-state index in [0.29, 0.717) is 27.8 Å². The van der Waals surface area contributed by atoms with E-state index < -0.39 is 5.25 Å². The van der Waals surface area contributed by atoms with Gasteiger partial charge in [-0.05, 0) is 62.6 Å². The molecule has 0 saturated heterocycles. The normalized spacial score (nSPS) is 14.6. The second-order valence-corrected chi connectivity index (χ2v) is 9.49. The van der Waals surface area contributed by atoms with Gasteiger partial charge in [-0.3, -0.25) is 9.59 Å². The smallest absolute Gasteiger partial charge is 0.284 e. The molecule has 0 aliphatic carbocycles. The SMILES string of the molecule is CC(Sc1nc2nn(-c3ccccc3)c(=O)c-2c2n1CCCCC2)C(=O)c1ccc(F)cc1. The zero-order chi connectivity index (χ0) is 22.9. The largest absolute Gasteiger partial charge is 0.324 e. The minimum Gasteiger partial charge on any atom is -0.324 e. The highest BCUT2D eigenvalue weighted by Gasteiger charge is 2.28.